The van der Waals surface area contributed by atoms with Crippen LogP contribution in [0, 0.1) is 17.8 Å². The van der Waals surface area contributed by atoms with Gasteiger partial charge in [0.05, 0.1) is 0 Å². The Balaban J connectivity index is 2.23. The minimum absolute atomic E-state index is 0.00743. The molecular weight excluding hydrogens is 355 g/mol. The lowest BCUT2D eigenvalue weighted by Crippen LogP contribution is -2.25. The van der Waals surface area contributed by atoms with Gasteiger partial charge in [-0.25, -0.2) is 0 Å². The molecular formula is C21H34Cl2O2. The molecule has 0 fully saturated rings. The number of halogens is 2. The van der Waals surface area contributed by atoms with Crippen LogP contribution >= 0.6 is 23.2 Å². The van der Waals surface area contributed by atoms with Crippen LogP contribution in [0.2, 0.25) is 0 Å². The molecule has 0 bridgehead atoms. The monoisotopic (exact) mass is 388 g/mol. The Morgan fingerprint density at radius 1 is 0.880 bits per heavy atom. The Kier molecular flexibility index (Phi) is 12.5. The molecule has 1 rings (SSSR count). The molecule has 0 heterocycles. The van der Waals surface area contributed by atoms with Crippen molar-refractivity contribution < 1.29 is 9.59 Å². The summed E-state index contributed by atoms with van der Waals surface area (Å²) in [5.41, 5.74) is 0. The zero-order chi connectivity index (χ0) is 18.5. The van der Waals surface area contributed by atoms with Gasteiger partial charge in [-0.05, 0) is 60.7 Å². The highest BCUT2D eigenvalue weighted by Gasteiger charge is 2.30. The highest BCUT2D eigenvalue weighted by molar-refractivity contribution is 6.64. The maximum absolute atomic E-state index is 11.8. The predicted octanol–water partition coefficient (Wildman–Crippen LogP) is 7.03. The average Bonchev–Trinajstić information content (AvgIpc) is 2.57. The van der Waals surface area contributed by atoms with Crippen LogP contribution in [0.1, 0.15) is 90.4 Å². The maximum atomic E-state index is 11.8. The van der Waals surface area contributed by atoms with Crippen LogP contribution in [0.15, 0.2) is 12.2 Å². The average molecular weight is 389 g/mol. The molecule has 0 aromatic carbocycles. The molecule has 0 amide bonds. The van der Waals surface area contributed by atoms with E-state index in [2.05, 4.69) is 19.1 Å². The van der Waals surface area contributed by atoms with Gasteiger partial charge in [0, 0.05) is 12.3 Å². The molecule has 1 aliphatic carbocycles. The van der Waals surface area contributed by atoms with Gasteiger partial charge in [0.15, 0.2) is 0 Å². The smallest absolute Gasteiger partial charge is 0.225 e. The van der Waals surface area contributed by atoms with Gasteiger partial charge in [0.25, 0.3) is 0 Å². The van der Waals surface area contributed by atoms with Gasteiger partial charge in [-0.15, -0.1) is 0 Å². The van der Waals surface area contributed by atoms with Gasteiger partial charge < -0.3 is 0 Å². The van der Waals surface area contributed by atoms with Crippen LogP contribution < -0.4 is 0 Å². The normalized spacial score (nSPS) is 22.9. The lowest BCUT2D eigenvalue weighted by molar-refractivity contribution is -0.117. The van der Waals surface area contributed by atoms with Crippen LogP contribution in [0.5, 0.6) is 0 Å². The van der Waals surface area contributed by atoms with Gasteiger partial charge in [0.2, 0.25) is 10.5 Å². The van der Waals surface area contributed by atoms with E-state index in [0.717, 1.165) is 38.5 Å². The van der Waals surface area contributed by atoms with Crippen LogP contribution in [-0.2, 0) is 9.59 Å². The first-order chi connectivity index (χ1) is 12.0. The molecule has 0 saturated carbocycles. The number of rotatable bonds is 14. The molecule has 3 unspecified atom stereocenters. The van der Waals surface area contributed by atoms with Crippen LogP contribution in [0.4, 0.5) is 0 Å². The topological polar surface area (TPSA) is 34.1 Å². The minimum atomic E-state index is -0.228. The fourth-order valence-electron chi connectivity index (χ4n) is 3.79. The number of carbonyl (C=O) groups excluding carboxylic acids is 2. The van der Waals surface area contributed by atoms with E-state index in [1.54, 1.807) is 0 Å². The van der Waals surface area contributed by atoms with Gasteiger partial charge in [-0.1, -0.05) is 70.4 Å². The summed E-state index contributed by atoms with van der Waals surface area (Å²) in [6.07, 6.45) is 18.6. The molecule has 2 nitrogen and oxygen atoms in total. The third-order valence-corrected chi connectivity index (χ3v) is 5.80. The van der Waals surface area contributed by atoms with Crippen molar-refractivity contribution in [2.24, 2.45) is 17.8 Å². The molecule has 4 heteroatoms. The number of unbranched alkanes of at least 4 members (excludes halogenated alkanes) is 7. The van der Waals surface area contributed by atoms with E-state index in [4.69, 9.17) is 23.2 Å². The molecule has 0 saturated heterocycles. The number of carbonyl (C=O) groups is 2. The highest BCUT2D eigenvalue weighted by atomic mass is 35.5. The first kappa shape index (κ1) is 22.7. The third kappa shape index (κ3) is 10.4. The first-order valence-electron chi connectivity index (χ1n) is 10.1. The summed E-state index contributed by atoms with van der Waals surface area (Å²) in [6, 6.07) is 0. The van der Waals surface area contributed by atoms with Crippen LogP contribution in [0.3, 0.4) is 0 Å². The van der Waals surface area contributed by atoms with E-state index >= 15 is 0 Å². The van der Waals surface area contributed by atoms with E-state index in [-0.39, 0.29) is 16.4 Å². The molecule has 25 heavy (non-hydrogen) atoms. The summed E-state index contributed by atoms with van der Waals surface area (Å²) in [5.74, 6) is 0.856. The summed E-state index contributed by atoms with van der Waals surface area (Å²) in [7, 11) is 0. The second-order valence-corrected chi connectivity index (χ2v) is 8.26. The molecule has 0 spiro atoms. The standard InChI is InChI=1S/C21H34Cl2O2/c1-2-3-8-11-17-14-15-18(19(16-17)21(23)25)12-9-6-4-5-7-10-13-20(22)24/h14-15,17-19H,2-13,16H2,1H3. The quantitative estimate of drug-likeness (QED) is 0.182. The van der Waals surface area contributed by atoms with E-state index in [9.17, 15) is 9.59 Å². The number of allylic oxidation sites excluding steroid dienone is 2. The van der Waals surface area contributed by atoms with Crippen LogP contribution in [0.25, 0.3) is 0 Å². The summed E-state index contributed by atoms with van der Waals surface area (Å²) in [5, 5.41) is -0.380. The Bertz CT molecular complexity index is 420. The second kappa shape index (κ2) is 13.8. The van der Waals surface area contributed by atoms with Crippen molar-refractivity contribution in [3.63, 3.8) is 0 Å². The van der Waals surface area contributed by atoms with Crippen molar-refractivity contribution in [3.8, 4) is 0 Å². The molecule has 144 valence electrons. The lowest BCUT2D eigenvalue weighted by Gasteiger charge is -2.29. The second-order valence-electron chi connectivity index (χ2n) is 7.47. The van der Waals surface area contributed by atoms with Crippen molar-refractivity contribution in [2.75, 3.05) is 0 Å². The Labute approximate surface area is 163 Å². The van der Waals surface area contributed by atoms with Crippen molar-refractivity contribution in [1.29, 1.82) is 0 Å². The molecule has 1 aliphatic rings. The summed E-state index contributed by atoms with van der Waals surface area (Å²) in [4.78, 5) is 22.5. The van der Waals surface area contributed by atoms with Crippen LogP contribution in [-0.4, -0.2) is 10.5 Å². The number of hydrogen-bond donors (Lipinski definition) is 0. The van der Waals surface area contributed by atoms with E-state index in [1.807, 2.05) is 0 Å². The van der Waals surface area contributed by atoms with E-state index < -0.39 is 0 Å². The zero-order valence-corrected chi connectivity index (χ0v) is 17.2. The number of hydrogen-bond acceptors (Lipinski definition) is 2. The van der Waals surface area contributed by atoms with Gasteiger partial charge in [0.1, 0.15) is 0 Å². The van der Waals surface area contributed by atoms with Gasteiger partial charge in [-0.2, -0.15) is 0 Å². The SMILES string of the molecule is CCCCCC1C=CC(CCCCCCCCC(=O)Cl)C(C(=O)Cl)C1. The van der Waals surface area contributed by atoms with Crippen molar-refractivity contribution in [2.45, 2.75) is 90.4 Å². The van der Waals surface area contributed by atoms with Crippen molar-refractivity contribution in [3.05, 3.63) is 12.2 Å². The fourth-order valence-corrected chi connectivity index (χ4v) is 4.18. The Morgan fingerprint density at radius 2 is 1.52 bits per heavy atom. The summed E-state index contributed by atoms with van der Waals surface area (Å²) < 4.78 is 0. The Hall–Kier alpha value is -0.340. The largest absolute Gasteiger partial charge is 0.281 e. The fraction of sp³-hybridized carbons (Fsp3) is 0.810. The van der Waals surface area contributed by atoms with Crippen molar-refractivity contribution in [1.82, 2.24) is 0 Å². The molecule has 3 atom stereocenters. The Morgan fingerprint density at radius 3 is 2.16 bits per heavy atom. The van der Waals surface area contributed by atoms with Crippen molar-refractivity contribution >= 4 is 33.7 Å². The van der Waals surface area contributed by atoms with E-state index in [0.29, 0.717) is 18.3 Å². The molecule has 0 aliphatic heterocycles. The maximum Gasteiger partial charge on any atom is 0.225 e. The highest BCUT2D eigenvalue weighted by Crippen LogP contribution is 2.35. The predicted molar refractivity (Wildman–Crippen MR) is 107 cm³/mol. The molecule has 0 aromatic rings. The summed E-state index contributed by atoms with van der Waals surface area (Å²) in [6.45, 7) is 2.22. The van der Waals surface area contributed by atoms with E-state index in [1.165, 1.54) is 38.5 Å². The summed E-state index contributed by atoms with van der Waals surface area (Å²) >= 11 is 11.2. The third-order valence-electron chi connectivity index (χ3n) is 5.33. The van der Waals surface area contributed by atoms with Gasteiger partial charge >= 0.3 is 0 Å². The molecule has 0 aromatic heterocycles. The molecule has 0 radical (unpaired) electrons. The molecule has 0 N–H and O–H groups in total. The first-order valence-corrected chi connectivity index (χ1v) is 10.9. The van der Waals surface area contributed by atoms with Gasteiger partial charge in [-0.3, -0.25) is 9.59 Å². The minimum Gasteiger partial charge on any atom is -0.281 e. The zero-order valence-electron chi connectivity index (χ0n) is 15.7. The lowest BCUT2D eigenvalue weighted by atomic mass is 9.76.